The molecule has 0 radical (unpaired) electrons. The number of nitrogens with zero attached hydrogens (tertiary/aromatic N) is 1. The first-order valence-electron chi connectivity index (χ1n) is 4.64. The van der Waals surface area contributed by atoms with Gasteiger partial charge in [-0.25, -0.2) is 9.37 Å². The first-order chi connectivity index (χ1) is 7.68. The van der Waals surface area contributed by atoms with E-state index in [2.05, 4.69) is 9.97 Å². The number of hydrogen-bond donors (Lipinski definition) is 1. The zero-order valence-corrected chi connectivity index (χ0v) is 8.21. The number of nitrogens with one attached hydrogen (secondary N) is 1. The number of halogens is 2. The first-order valence-corrected chi connectivity index (χ1v) is 4.64. The molecule has 1 aromatic carbocycles. The highest BCUT2D eigenvalue weighted by molar-refractivity contribution is 5.23. The highest BCUT2D eigenvalue weighted by atomic mass is 19.1. The summed E-state index contributed by atoms with van der Waals surface area (Å²) in [6.07, 6.45) is 1.06. The minimum Gasteiger partial charge on any atom is -0.311 e. The number of H-pyrrole nitrogens is 1. The van der Waals surface area contributed by atoms with Crippen LogP contribution in [0.1, 0.15) is 11.3 Å². The van der Waals surface area contributed by atoms with Gasteiger partial charge in [0, 0.05) is 6.42 Å². The van der Waals surface area contributed by atoms with Gasteiger partial charge in [-0.05, 0) is 11.6 Å². The van der Waals surface area contributed by atoms with E-state index in [0.29, 0.717) is 5.56 Å². The lowest BCUT2D eigenvalue weighted by atomic mass is 10.1. The average molecular weight is 222 g/mol. The van der Waals surface area contributed by atoms with E-state index in [9.17, 15) is 13.6 Å². The SMILES string of the molecule is O=c1[nH]cnc(Cc2ccccc2F)c1F. The monoisotopic (exact) mass is 222 g/mol. The number of aromatic amines is 1. The fourth-order valence-electron chi connectivity index (χ4n) is 1.37. The third-order valence-corrected chi connectivity index (χ3v) is 2.18. The highest BCUT2D eigenvalue weighted by Crippen LogP contribution is 2.11. The van der Waals surface area contributed by atoms with Gasteiger partial charge in [0.05, 0.1) is 12.0 Å². The number of benzene rings is 1. The minimum atomic E-state index is -0.967. The molecule has 2 aromatic rings. The van der Waals surface area contributed by atoms with E-state index in [4.69, 9.17) is 0 Å². The molecule has 1 N–H and O–H groups in total. The van der Waals surface area contributed by atoms with Crippen LogP contribution in [0, 0.1) is 11.6 Å². The van der Waals surface area contributed by atoms with Crippen LogP contribution in [0.5, 0.6) is 0 Å². The molecule has 0 amide bonds. The fraction of sp³-hybridized carbons (Fsp3) is 0.0909. The Morgan fingerprint density at radius 2 is 2.00 bits per heavy atom. The molecule has 0 bridgehead atoms. The van der Waals surface area contributed by atoms with Crippen LogP contribution in [0.2, 0.25) is 0 Å². The van der Waals surface area contributed by atoms with Gasteiger partial charge in [-0.15, -0.1) is 0 Å². The molecular formula is C11H8F2N2O. The van der Waals surface area contributed by atoms with Crippen molar-refractivity contribution in [3.05, 3.63) is 63.8 Å². The maximum Gasteiger partial charge on any atom is 0.287 e. The second-order valence-electron chi connectivity index (χ2n) is 3.26. The number of hydrogen-bond acceptors (Lipinski definition) is 2. The van der Waals surface area contributed by atoms with E-state index in [-0.39, 0.29) is 12.1 Å². The van der Waals surface area contributed by atoms with Gasteiger partial charge in [-0.3, -0.25) is 4.79 Å². The van der Waals surface area contributed by atoms with E-state index >= 15 is 0 Å². The van der Waals surface area contributed by atoms with Crippen LogP contribution in [0.3, 0.4) is 0 Å². The van der Waals surface area contributed by atoms with Crippen molar-refractivity contribution in [2.45, 2.75) is 6.42 Å². The molecule has 5 heteroatoms. The predicted molar refractivity (Wildman–Crippen MR) is 54.0 cm³/mol. The smallest absolute Gasteiger partial charge is 0.287 e. The molecule has 0 saturated heterocycles. The Morgan fingerprint density at radius 3 is 2.75 bits per heavy atom. The quantitative estimate of drug-likeness (QED) is 0.839. The second kappa shape index (κ2) is 4.22. The Hall–Kier alpha value is -2.04. The molecular weight excluding hydrogens is 214 g/mol. The standard InChI is InChI=1S/C11H8F2N2O/c12-8-4-2-1-3-7(8)5-9-10(13)11(16)15-6-14-9/h1-4,6H,5H2,(H,14,15,16). The van der Waals surface area contributed by atoms with E-state index in [0.717, 1.165) is 6.33 Å². The van der Waals surface area contributed by atoms with Gasteiger partial charge in [-0.2, -0.15) is 4.39 Å². The van der Waals surface area contributed by atoms with Crippen LogP contribution >= 0.6 is 0 Å². The number of aromatic nitrogens is 2. The van der Waals surface area contributed by atoms with Crippen LogP contribution in [0.25, 0.3) is 0 Å². The average Bonchev–Trinajstić information content (AvgIpc) is 2.28. The number of rotatable bonds is 2. The van der Waals surface area contributed by atoms with Gasteiger partial charge in [-0.1, -0.05) is 18.2 Å². The fourth-order valence-corrected chi connectivity index (χ4v) is 1.37. The van der Waals surface area contributed by atoms with Gasteiger partial charge < -0.3 is 4.98 Å². The molecule has 0 atom stereocenters. The second-order valence-corrected chi connectivity index (χ2v) is 3.26. The molecule has 1 aromatic heterocycles. The highest BCUT2D eigenvalue weighted by Gasteiger charge is 2.10. The predicted octanol–water partition coefficient (Wildman–Crippen LogP) is 1.64. The van der Waals surface area contributed by atoms with Crippen molar-refractivity contribution in [1.82, 2.24) is 9.97 Å². The van der Waals surface area contributed by atoms with Crippen molar-refractivity contribution in [2.24, 2.45) is 0 Å². The molecule has 0 aliphatic carbocycles. The molecule has 1 heterocycles. The molecule has 0 spiro atoms. The Kier molecular flexibility index (Phi) is 2.76. The lowest BCUT2D eigenvalue weighted by molar-refractivity contribution is 0.575. The summed E-state index contributed by atoms with van der Waals surface area (Å²) in [6.45, 7) is 0. The van der Waals surface area contributed by atoms with Crippen molar-refractivity contribution in [1.29, 1.82) is 0 Å². The van der Waals surface area contributed by atoms with Crippen LogP contribution < -0.4 is 5.56 Å². The maximum atomic E-state index is 13.3. The zero-order valence-electron chi connectivity index (χ0n) is 8.21. The molecule has 82 valence electrons. The van der Waals surface area contributed by atoms with Gasteiger partial charge in [0.2, 0.25) is 5.82 Å². The molecule has 0 aliphatic heterocycles. The van der Waals surface area contributed by atoms with Crippen LogP contribution in [-0.2, 0) is 6.42 Å². The van der Waals surface area contributed by atoms with E-state index in [1.165, 1.54) is 12.1 Å². The molecule has 0 unspecified atom stereocenters. The summed E-state index contributed by atoms with van der Waals surface area (Å²) in [7, 11) is 0. The van der Waals surface area contributed by atoms with Gasteiger partial charge >= 0.3 is 0 Å². The summed E-state index contributed by atoms with van der Waals surface area (Å²) >= 11 is 0. The summed E-state index contributed by atoms with van der Waals surface area (Å²) in [5, 5.41) is 0. The normalized spacial score (nSPS) is 10.4. The lowest BCUT2D eigenvalue weighted by Gasteiger charge is -2.02. The van der Waals surface area contributed by atoms with Crippen LogP contribution in [-0.4, -0.2) is 9.97 Å². The third-order valence-electron chi connectivity index (χ3n) is 2.18. The first kappa shape index (κ1) is 10.5. The van der Waals surface area contributed by atoms with E-state index in [1.54, 1.807) is 12.1 Å². The van der Waals surface area contributed by atoms with Gasteiger partial charge in [0.25, 0.3) is 5.56 Å². The van der Waals surface area contributed by atoms with Crippen molar-refractivity contribution < 1.29 is 8.78 Å². The van der Waals surface area contributed by atoms with Crippen molar-refractivity contribution in [2.75, 3.05) is 0 Å². The Balaban J connectivity index is 2.38. The van der Waals surface area contributed by atoms with Gasteiger partial charge in [0.15, 0.2) is 0 Å². The van der Waals surface area contributed by atoms with E-state index < -0.39 is 17.2 Å². The Labute approximate surface area is 89.8 Å². The van der Waals surface area contributed by atoms with Crippen molar-refractivity contribution >= 4 is 0 Å². The molecule has 2 rings (SSSR count). The van der Waals surface area contributed by atoms with Crippen LogP contribution in [0.4, 0.5) is 8.78 Å². The minimum absolute atomic E-state index is 0.0393. The summed E-state index contributed by atoms with van der Waals surface area (Å²) in [4.78, 5) is 16.7. The Morgan fingerprint density at radius 1 is 1.25 bits per heavy atom. The van der Waals surface area contributed by atoms with Crippen molar-refractivity contribution in [3.63, 3.8) is 0 Å². The molecule has 3 nitrogen and oxygen atoms in total. The third kappa shape index (κ3) is 1.98. The summed E-state index contributed by atoms with van der Waals surface area (Å²) < 4.78 is 26.6. The molecule has 0 aliphatic rings. The molecule has 0 fully saturated rings. The van der Waals surface area contributed by atoms with Crippen LogP contribution in [0.15, 0.2) is 35.4 Å². The zero-order chi connectivity index (χ0) is 11.5. The summed E-state index contributed by atoms with van der Waals surface area (Å²) in [6, 6.07) is 5.99. The molecule has 0 saturated carbocycles. The van der Waals surface area contributed by atoms with Crippen molar-refractivity contribution in [3.8, 4) is 0 Å². The van der Waals surface area contributed by atoms with Gasteiger partial charge in [0.1, 0.15) is 5.82 Å². The largest absolute Gasteiger partial charge is 0.311 e. The topological polar surface area (TPSA) is 45.8 Å². The summed E-state index contributed by atoms with van der Waals surface area (Å²) in [5.41, 5.74) is -0.602. The maximum absolute atomic E-state index is 13.3. The summed E-state index contributed by atoms with van der Waals surface area (Å²) in [5.74, 6) is -1.41. The molecule has 16 heavy (non-hydrogen) atoms. The van der Waals surface area contributed by atoms with E-state index in [1.807, 2.05) is 0 Å². The lowest BCUT2D eigenvalue weighted by Crippen LogP contribution is -2.15. The Bertz CT molecular complexity index is 566.